The van der Waals surface area contributed by atoms with Gasteiger partial charge in [-0.3, -0.25) is 0 Å². The first kappa shape index (κ1) is 9.26. The molecule has 0 radical (unpaired) electrons. The van der Waals surface area contributed by atoms with Gasteiger partial charge in [0.25, 0.3) is 0 Å². The minimum absolute atomic E-state index is 1.07. The summed E-state index contributed by atoms with van der Waals surface area (Å²) in [7, 11) is 0. The van der Waals surface area contributed by atoms with Crippen LogP contribution in [0.15, 0.2) is 54.8 Å². The van der Waals surface area contributed by atoms with Crippen molar-refractivity contribution < 1.29 is 4.99 Å². The van der Waals surface area contributed by atoms with Gasteiger partial charge in [0.05, 0.1) is 0 Å². The Bertz CT molecular complexity index is 310. The minimum Gasteiger partial charge on any atom is -0.405 e. The van der Waals surface area contributed by atoms with Crippen LogP contribution in [0.4, 0.5) is 5.69 Å². The van der Waals surface area contributed by atoms with E-state index in [9.17, 15) is 0 Å². The van der Waals surface area contributed by atoms with Crippen LogP contribution in [0.2, 0.25) is 0 Å². The summed E-state index contributed by atoms with van der Waals surface area (Å²) < 4.78 is 0. The molecule has 0 bridgehead atoms. The van der Waals surface area contributed by atoms with Crippen LogP contribution >= 0.6 is 0 Å². The summed E-state index contributed by atoms with van der Waals surface area (Å²) in [5.74, 6) is 0. The predicted octanol–water partition coefficient (Wildman–Crippen LogP) is 0.498. The highest BCUT2D eigenvalue weighted by Gasteiger charge is 1.87. The van der Waals surface area contributed by atoms with Crippen molar-refractivity contribution >= 4 is 11.9 Å². The summed E-state index contributed by atoms with van der Waals surface area (Å²) in [5.41, 5.74) is 6.23. The zero-order valence-corrected chi connectivity index (χ0v) is 7.35. The normalized spacial score (nSPS) is 12.0. The molecule has 0 atom stereocenters. The number of benzene rings is 1. The van der Waals surface area contributed by atoms with Crippen molar-refractivity contribution in [2.75, 3.05) is 0 Å². The standard InChI is InChI=1S/C11H12N2/c12-9-5-2-6-10-13-11-7-3-1-4-8-11/h1-10H,12H2/p+1/b6-2+,9-5+,13-10?. The molecule has 0 aromatic heterocycles. The summed E-state index contributed by atoms with van der Waals surface area (Å²) in [6.07, 6.45) is 8.86. The molecular weight excluding hydrogens is 160 g/mol. The number of nitrogens with two attached hydrogens (primary N) is 1. The van der Waals surface area contributed by atoms with Gasteiger partial charge in [0.1, 0.15) is 0 Å². The van der Waals surface area contributed by atoms with Crippen LogP contribution in [0, 0.1) is 0 Å². The molecule has 0 heterocycles. The van der Waals surface area contributed by atoms with Gasteiger partial charge in [-0.1, -0.05) is 24.3 Å². The molecule has 2 heteroatoms. The van der Waals surface area contributed by atoms with Crippen molar-refractivity contribution in [1.29, 1.82) is 0 Å². The quantitative estimate of drug-likeness (QED) is 0.507. The van der Waals surface area contributed by atoms with Gasteiger partial charge in [-0.2, -0.15) is 0 Å². The van der Waals surface area contributed by atoms with Crippen molar-refractivity contribution in [3.8, 4) is 0 Å². The molecule has 0 saturated carbocycles. The zero-order chi connectivity index (χ0) is 9.36. The van der Waals surface area contributed by atoms with Crippen molar-refractivity contribution in [2.45, 2.75) is 0 Å². The van der Waals surface area contributed by atoms with E-state index < -0.39 is 0 Å². The highest BCUT2D eigenvalue weighted by Crippen LogP contribution is 1.94. The first-order valence-corrected chi connectivity index (χ1v) is 4.12. The third kappa shape index (κ3) is 3.91. The van der Waals surface area contributed by atoms with E-state index in [1.54, 1.807) is 6.08 Å². The third-order valence-electron chi connectivity index (χ3n) is 1.45. The van der Waals surface area contributed by atoms with E-state index in [0.29, 0.717) is 0 Å². The second-order valence-corrected chi connectivity index (χ2v) is 2.45. The minimum atomic E-state index is 1.07. The Balaban J connectivity index is 2.50. The average Bonchev–Trinajstić information content (AvgIpc) is 2.19. The topological polar surface area (TPSA) is 40.0 Å². The van der Waals surface area contributed by atoms with Crippen molar-refractivity contribution in [2.24, 2.45) is 5.73 Å². The fourth-order valence-electron chi connectivity index (χ4n) is 0.863. The zero-order valence-electron chi connectivity index (χ0n) is 7.35. The lowest BCUT2D eigenvalue weighted by atomic mass is 10.3. The molecule has 2 nitrogen and oxygen atoms in total. The van der Waals surface area contributed by atoms with Crippen LogP contribution in [-0.2, 0) is 0 Å². The highest BCUT2D eigenvalue weighted by atomic mass is 14.7. The van der Waals surface area contributed by atoms with Gasteiger partial charge in [0, 0.05) is 18.2 Å². The van der Waals surface area contributed by atoms with Crippen LogP contribution in [0.25, 0.3) is 0 Å². The third-order valence-corrected chi connectivity index (χ3v) is 1.45. The number of rotatable bonds is 3. The number of hydrogen-bond acceptors (Lipinski definition) is 1. The van der Waals surface area contributed by atoms with Crippen LogP contribution < -0.4 is 10.7 Å². The maximum atomic E-state index is 5.16. The molecule has 0 unspecified atom stereocenters. The van der Waals surface area contributed by atoms with Gasteiger partial charge >= 0.3 is 0 Å². The lowest BCUT2D eigenvalue weighted by Crippen LogP contribution is -2.60. The molecule has 0 fully saturated rings. The van der Waals surface area contributed by atoms with E-state index >= 15 is 0 Å². The van der Waals surface area contributed by atoms with E-state index in [1.165, 1.54) is 6.20 Å². The smallest absolute Gasteiger partial charge is 0.203 e. The second-order valence-electron chi connectivity index (χ2n) is 2.45. The molecule has 0 spiro atoms. The van der Waals surface area contributed by atoms with E-state index in [4.69, 9.17) is 5.73 Å². The largest absolute Gasteiger partial charge is 0.405 e. The molecule has 1 aromatic carbocycles. The molecular formula is C11H13N2+. The summed E-state index contributed by atoms with van der Waals surface area (Å²) in [4.78, 5) is 3.12. The second kappa shape index (κ2) is 5.77. The van der Waals surface area contributed by atoms with Crippen molar-refractivity contribution in [1.82, 2.24) is 0 Å². The maximum Gasteiger partial charge on any atom is 0.203 e. The fourth-order valence-corrected chi connectivity index (χ4v) is 0.863. The van der Waals surface area contributed by atoms with Crippen molar-refractivity contribution in [3.05, 3.63) is 54.8 Å². The van der Waals surface area contributed by atoms with Crippen LogP contribution in [-0.4, -0.2) is 6.21 Å². The molecule has 0 aliphatic heterocycles. The Morgan fingerprint density at radius 3 is 2.46 bits per heavy atom. The first-order chi connectivity index (χ1) is 6.43. The molecule has 3 N–H and O–H groups in total. The highest BCUT2D eigenvalue weighted by molar-refractivity contribution is 5.66. The maximum absolute atomic E-state index is 5.16. The molecule has 0 aliphatic carbocycles. The van der Waals surface area contributed by atoms with Crippen molar-refractivity contribution in [3.63, 3.8) is 0 Å². The molecule has 1 rings (SSSR count). The van der Waals surface area contributed by atoms with E-state index in [0.717, 1.165) is 5.69 Å². The number of nitrogens with one attached hydrogen (secondary N) is 1. The molecule has 0 aliphatic rings. The molecule has 0 amide bonds. The van der Waals surface area contributed by atoms with Gasteiger partial charge in [-0.25, -0.2) is 4.99 Å². The summed E-state index contributed by atoms with van der Waals surface area (Å²) >= 11 is 0. The Labute approximate surface area is 78.1 Å². The summed E-state index contributed by atoms with van der Waals surface area (Å²) in [6.45, 7) is 0. The monoisotopic (exact) mass is 173 g/mol. The van der Waals surface area contributed by atoms with E-state index in [-0.39, 0.29) is 0 Å². The van der Waals surface area contributed by atoms with Gasteiger partial charge in [-0.15, -0.1) is 0 Å². The molecule has 1 aromatic rings. The van der Waals surface area contributed by atoms with Crippen LogP contribution in [0.1, 0.15) is 0 Å². The average molecular weight is 173 g/mol. The summed E-state index contributed by atoms with van der Waals surface area (Å²) in [6, 6.07) is 9.96. The molecule has 66 valence electrons. The number of para-hydroxylation sites is 1. The predicted molar refractivity (Wildman–Crippen MR) is 55.6 cm³/mol. The number of allylic oxidation sites excluding steroid dienone is 3. The van der Waals surface area contributed by atoms with E-state index in [1.807, 2.05) is 48.7 Å². The van der Waals surface area contributed by atoms with Gasteiger partial charge in [0.2, 0.25) is 5.69 Å². The summed E-state index contributed by atoms with van der Waals surface area (Å²) in [5, 5.41) is 0. The molecule has 0 saturated heterocycles. The van der Waals surface area contributed by atoms with Gasteiger partial charge in [-0.05, 0) is 12.3 Å². The first-order valence-electron chi connectivity index (χ1n) is 4.12. The Kier molecular flexibility index (Phi) is 4.11. The van der Waals surface area contributed by atoms with Crippen LogP contribution in [0.3, 0.4) is 0 Å². The Morgan fingerprint density at radius 1 is 1.00 bits per heavy atom. The van der Waals surface area contributed by atoms with E-state index in [2.05, 4.69) is 4.99 Å². The van der Waals surface area contributed by atoms with Crippen LogP contribution in [0.5, 0.6) is 0 Å². The Hall–Kier alpha value is -1.83. The Morgan fingerprint density at radius 2 is 1.77 bits per heavy atom. The fraction of sp³-hybridized carbons (Fsp3) is 0. The van der Waals surface area contributed by atoms with Gasteiger partial charge < -0.3 is 5.73 Å². The number of hydrogen-bond donors (Lipinski definition) is 2. The SMILES string of the molecule is N/C=C/C=C/C=[NH+]c1ccccc1. The molecule has 13 heavy (non-hydrogen) atoms. The lowest BCUT2D eigenvalue weighted by molar-refractivity contribution is -0.346. The lowest BCUT2D eigenvalue weighted by Gasteiger charge is -1.81. The van der Waals surface area contributed by atoms with Gasteiger partial charge in [0.15, 0.2) is 6.21 Å².